The Hall–Kier alpha value is -1.34. The number of nitrogens with one attached hydrogen (secondary N) is 1. The van der Waals surface area contributed by atoms with Gasteiger partial charge in [0.25, 0.3) is 5.91 Å². The molecule has 1 N–H and O–H groups in total. The number of nitrogens with zero attached hydrogens (tertiary/aromatic N) is 3. The van der Waals surface area contributed by atoms with Crippen molar-refractivity contribution in [1.29, 1.82) is 0 Å². The number of guanidine groups is 1. The molecule has 2 atom stereocenters. The molecule has 2 fully saturated rings. The monoisotopic (exact) mass is 368 g/mol. The molecule has 0 aromatic heterocycles. The molecule has 0 aromatic carbocycles. The maximum absolute atomic E-state index is 12.4. The van der Waals surface area contributed by atoms with Crippen molar-refractivity contribution in [3.05, 3.63) is 0 Å². The van der Waals surface area contributed by atoms with E-state index >= 15 is 0 Å². The molecule has 0 bridgehead atoms. The van der Waals surface area contributed by atoms with E-state index in [-0.39, 0.29) is 18.1 Å². The number of amides is 1. The summed E-state index contributed by atoms with van der Waals surface area (Å²) in [6.07, 6.45) is 2.87. The van der Waals surface area contributed by atoms with Crippen molar-refractivity contribution in [2.24, 2.45) is 10.9 Å². The van der Waals surface area contributed by atoms with Crippen molar-refractivity contribution in [2.45, 2.75) is 52.2 Å². The lowest BCUT2D eigenvalue weighted by Crippen LogP contribution is -2.55. The van der Waals surface area contributed by atoms with E-state index in [1.807, 2.05) is 18.9 Å². The van der Waals surface area contributed by atoms with Gasteiger partial charge >= 0.3 is 0 Å². The number of hydrogen-bond acceptors (Lipinski definition) is 4. The van der Waals surface area contributed by atoms with Crippen LogP contribution in [-0.4, -0.2) is 86.9 Å². The lowest BCUT2D eigenvalue weighted by atomic mass is 10.0. The summed E-state index contributed by atoms with van der Waals surface area (Å²) < 4.78 is 11.3. The molecule has 0 radical (unpaired) electrons. The zero-order valence-corrected chi connectivity index (χ0v) is 16.9. The van der Waals surface area contributed by atoms with Crippen molar-refractivity contribution in [1.82, 2.24) is 15.1 Å². The SMILES string of the molecule is CCOC(CCNC(=NC)N1CCN(C(=O)C2CCCO2)CC1)C(C)C. The van der Waals surface area contributed by atoms with Gasteiger partial charge in [0.05, 0.1) is 6.10 Å². The van der Waals surface area contributed by atoms with E-state index in [1.165, 1.54) is 0 Å². The highest BCUT2D eigenvalue weighted by Gasteiger charge is 2.30. The fourth-order valence-electron chi connectivity index (χ4n) is 3.60. The highest BCUT2D eigenvalue weighted by molar-refractivity contribution is 5.82. The van der Waals surface area contributed by atoms with Crippen LogP contribution in [0.4, 0.5) is 0 Å². The Balaban J connectivity index is 1.74. The number of piperazine rings is 1. The Morgan fingerprint density at radius 3 is 2.50 bits per heavy atom. The van der Waals surface area contributed by atoms with Gasteiger partial charge in [0.2, 0.25) is 0 Å². The predicted molar refractivity (Wildman–Crippen MR) is 103 cm³/mol. The third kappa shape index (κ3) is 5.84. The topological polar surface area (TPSA) is 66.4 Å². The van der Waals surface area contributed by atoms with Gasteiger partial charge in [0, 0.05) is 53.0 Å². The van der Waals surface area contributed by atoms with E-state index in [2.05, 4.69) is 29.1 Å². The van der Waals surface area contributed by atoms with Crippen LogP contribution in [0.2, 0.25) is 0 Å². The zero-order valence-electron chi connectivity index (χ0n) is 16.9. The molecular formula is C19H36N4O3. The van der Waals surface area contributed by atoms with Crippen LogP contribution in [-0.2, 0) is 14.3 Å². The highest BCUT2D eigenvalue weighted by Crippen LogP contribution is 2.16. The number of hydrogen-bond donors (Lipinski definition) is 1. The Labute approximate surface area is 158 Å². The van der Waals surface area contributed by atoms with Crippen molar-refractivity contribution in [3.63, 3.8) is 0 Å². The maximum Gasteiger partial charge on any atom is 0.251 e. The van der Waals surface area contributed by atoms with Gasteiger partial charge in [-0.1, -0.05) is 13.8 Å². The molecule has 26 heavy (non-hydrogen) atoms. The quantitative estimate of drug-likeness (QED) is 0.543. The van der Waals surface area contributed by atoms with E-state index < -0.39 is 0 Å². The van der Waals surface area contributed by atoms with E-state index in [4.69, 9.17) is 9.47 Å². The van der Waals surface area contributed by atoms with E-state index in [9.17, 15) is 4.79 Å². The van der Waals surface area contributed by atoms with Crippen LogP contribution in [0.5, 0.6) is 0 Å². The van der Waals surface area contributed by atoms with Gasteiger partial charge in [0.15, 0.2) is 5.96 Å². The van der Waals surface area contributed by atoms with Crippen molar-refractivity contribution in [2.75, 3.05) is 53.0 Å². The second-order valence-electron chi connectivity index (χ2n) is 7.31. The molecule has 2 unspecified atom stereocenters. The first-order chi connectivity index (χ1) is 12.6. The van der Waals surface area contributed by atoms with Gasteiger partial charge in [-0.25, -0.2) is 0 Å². The summed E-state index contributed by atoms with van der Waals surface area (Å²) >= 11 is 0. The van der Waals surface area contributed by atoms with Crippen LogP contribution in [0.1, 0.15) is 40.0 Å². The number of ether oxygens (including phenoxy) is 2. The number of carbonyl (C=O) groups is 1. The lowest BCUT2D eigenvalue weighted by molar-refractivity contribution is -0.142. The summed E-state index contributed by atoms with van der Waals surface area (Å²) in [5.41, 5.74) is 0. The van der Waals surface area contributed by atoms with Crippen molar-refractivity contribution >= 4 is 11.9 Å². The number of rotatable bonds is 7. The Morgan fingerprint density at radius 1 is 1.27 bits per heavy atom. The molecule has 2 aliphatic heterocycles. The molecule has 0 spiro atoms. The van der Waals surface area contributed by atoms with Crippen LogP contribution in [0.25, 0.3) is 0 Å². The van der Waals surface area contributed by atoms with Crippen LogP contribution in [0.15, 0.2) is 4.99 Å². The second-order valence-corrected chi connectivity index (χ2v) is 7.31. The average molecular weight is 369 g/mol. The molecule has 0 aromatic rings. The molecule has 2 aliphatic rings. The summed E-state index contributed by atoms with van der Waals surface area (Å²) in [6, 6.07) is 0. The first-order valence-electron chi connectivity index (χ1n) is 10.0. The van der Waals surface area contributed by atoms with Crippen LogP contribution >= 0.6 is 0 Å². The van der Waals surface area contributed by atoms with Gasteiger partial charge < -0.3 is 24.6 Å². The van der Waals surface area contributed by atoms with Crippen LogP contribution in [0, 0.1) is 5.92 Å². The first-order valence-corrected chi connectivity index (χ1v) is 10.0. The largest absolute Gasteiger partial charge is 0.378 e. The van der Waals surface area contributed by atoms with E-state index in [1.54, 1.807) is 0 Å². The van der Waals surface area contributed by atoms with Gasteiger partial charge in [-0.15, -0.1) is 0 Å². The molecule has 2 saturated heterocycles. The summed E-state index contributed by atoms with van der Waals surface area (Å²) in [4.78, 5) is 21.0. The van der Waals surface area contributed by atoms with Gasteiger partial charge in [-0.2, -0.15) is 0 Å². The minimum atomic E-state index is -0.217. The fraction of sp³-hybridized carbons (Fsp3) is 0.895. The minimum absolute atomic E-state index is 0.154. The molecular weight excluding hydrogens is 332 g/mol. The van der Waals surface area contributed by atoms with Crippen LogP contribution < -0.4 is 5.32 Å². The Kier molecular flexibility index (Phi) is 8.65. The first kappa shape index (κ1) is 21.0. The van der Waals surface area contributed by atoms with E-state index in [0.29, 0.717) is 12.5 Å². The Bertz CT molecular complexity index is 456. The molecule has 0 saturated carbocycles. The molecule has 0 aliphatic carbocycles. The molecule has 2 rings (SSSR count). The van der Waals surface area contributed by atoms with Gasteiger partial charge in [-0.05, 0) is 32.1 Å². The normalized spacial score (nSPS) is 22.8. The highest BCUT2D eigenvalue weighted by atomic mass is 16.5. The standard InChI is InChI=1S/C19H36N4O3/c1-5-25-16(15(2)3)8-9-21-19(20-4)23-12-10-22(11-13-23)18(24)17-7-6-14-26-17/h15-17H,5-14H2,1-4H3,(H,20,21). The summed E-state index contributed by atoms with van der Waals surface area (Å²) in [5.74, 6) is 1.57. The Morgan fingerprint density at radius 2 is 1.96 bits per heavy atom. The van der Waals surface area contributed by atoms with E-state index in [0.717, 1.165) is 64.6 Å². The van der Waals surface area contributed by atoms with Crippen LogP contribution in [0.3, 0.4) is 0 Å². The second kappa shape index (κ2) is 10.7. The maximum atomic E-state index is 12.4. The molecule has 7 nitrogen and oxygen atoms in total. The summed E-state index contributed by atoms with van der Waals surface area (Å²) in [5, 5.41) is 3.45. The number of carbonyl (C=O) groups excluding carboxylic acids is 1. The fourth-order valence-corrected chi connectivity index (χ4v) is 3.60. The lowest BCUT2D eigenvalue weighted by Gasteiger charge is -2.37. The minimum Gasteiger partial charge on any atom is -0.378 e. The molecule has 150 valence electrons. The predicted octanol–water partition coefficient (Wildman–Crippen LogP) is 1.34. The van der Waals surface area contributed by atoms with Gasteiger partial charge in [-0.3, -0.25) is 9.79 Å². The molecule has 2 heterocycles. The van der Waals surface area contributed by atoms with Crippen molar-refractivity contribution in [3.8, 4) is 0 Å². The summed E-state index contributed by atoms with van der Waals surface area (Å²) in [6.45, 7) is 11.8. The average Bonchev–Trinajstić information content (AvgIpc) is 3.18. The zero-order chi connectivity index (χ0) is 18.9. The molecule has 7 heteroatoms. The van der Waals surface area contributed by atoms with Gasteiger partial charge in [0.1, 0.15) is 6.10 Å². The van der Waals surface area contributed by atoms with Crippen molar-refractivity contribution < 1.29 is 14.3 Å². The third-order valence-corrected chi connectivity index (χ3v) is 5.14. The number of aliphatic imine (C=N–C) groups is 1. The third-order valence-electron chi connectivity index (χ3n) is 5.14. The smallest absolute Gasteiger partial charge is 0.251 e. The molecule has 1 amide bonds. The summed E-state index contributed by atoms with van der Waals surface area (Å²) in [7, 11) is 1.81.